The van der Waals surface area contributed by atoms with E-state index in [4.69, 9.17) is 23.7 Å². The number of esters is 1. The number of aromatic nitrogens is 1. The highest BCUT2D eigenvalue weighted by Gasteiger charge is 2.27. The number of aliphatic imine (C=N–C) groups is 1. The number of aryl methyl sites for hydroxylation is 1. The van der Waals surface area contributed by atoms with Crippen molar-refractivity contribution in [1.82, 2.24) is 4.98 Å². The number of fused-ring (bicyclic) bond motifs is 1. The molecule has 2 aromatic carbocycles. The van der Waals surface area contributed by atoms with E-state index in [-0.39, 0.29) is 11.6 Å². The first-order valence-electron chi connectivity index (χ1n) is 9.76. The summed E-state index contributed by atoms with van der Waals surface area (Å²) in [5.41, 5.74) is 3.12. The molecule has 1 aliphatic rings. The number of pyridine rings is 1. The lowest BCUT2D eigenvalue weighted by molar-refractivity contribution is -0.129. The number of cyclic esters (lactones) is 1. The fraction of sp³-hybridized carbons (Fsp3) is 0.208. The van der Waals surface area contributed by atoms with Crippen molar-refractivity contribution in [3.63, 3.8) is 0 Å². The number of hydrogen-bond acceptors (Lipinski definition) is 8. The SMILES string of the molecule is COc1cc(C2=NC(=Cc3cc4cccc(C)c4nc3OC)C(=O)O2)cc(OC)c1OC. The van der Waals surface area contributed by atoms with Crippen LogP contribution in [0.2, 0.25) is 0 Å². The van der Waals surface area contributed by atoms with Crippen molar-refractivity contribution >= 4 is 28.8 Å². The van der Waals surface area contributed by atoms with E-state index in [1.165, 1.54) is 28.4 Å². The van der Waals surface area contributed by atoms with Gasteiger partial charge in [-0.3, -0.25) is 0 Å². The summed E-state index contributed by atoms with van der Waals surface area (Å²) in [6, 6.07) is 11.1. The zero-order valence-electron chi connectivity index (χ0n) is 18.4. The van der Waals surface area contributed by atoms with Gasteiger partial charge in [0, 0.05) is 16.5 Å². The molecule has 32 heavy (non-hydrogen) atoms. The summed E-state index contributed by atoms with van der Waals surface area (Å²) in [6.07, 6.45) is 1.60. The number of hydrogen-bond donors (Lipinski definition) is 0. The molecule has 0 aliphatic carbocycles. The monoisotopic (exact) mass is 434 g/mol. The normalized spacial score (nSPS) is 14.3. The Hall–Kier alpha value is -4.07. The van der Waals surface area contributed by atoms with Crippen LogP contribution in [0.3, 0.4) is 0 Å². The molecule has 0 fully saturated rings. The molecule has 0 spiro atoms. The molecule has 0 unspecified atom stereocenters. The van der Waals surface area contributed by atoms with Crippen LogP contribution in [0.15, 0.2) is 47.1 Å². The van der Waals surface area contributed by atoms with Crippen LogP contribution in [0, 0.1) is 6.92 Å². The molecule has 0 radical (unpaired) electrons. The summed E-state index contributed by atoms with van der Waals surface area (Å²) in [5, 5.41) is 0.929. The van der Waals surface area contributed by atoms with Crippen LogP contribution in [0.1, 0.15) is 16.7 Å². The Labute approximate surface area is 185 Å². The minimum absolute atomic E-state index is 0.126. The predicted molar refractivity (Wildman–Crippen MR) is 120 cm³/mol. The summed E-state index contributed by atoms with van der Waals surface area (Å²) in [4.78, 5) is 21.5. The Morgan fingerprint density at radius 2 is 1.66 bits per heavy atom. The second-order valence-corrected chi connectivity index (χ2v) is 6.98. The van der Waals surface area contributed by atoms with Gasteiger partial charge in [0.05, 0.1) is 34.0 Å². The highest BCUT2D eigenvalue weighted by atomic mass is 16.6. The zero-order chi connectivity index (χ0) is 22.8. The average Bonchev–Trinajstić information content (AvgIpc) is 3.17. The molecule has 4 rings (SSSR count). The van der Waals surface area contributed by atoms with E-state index in [1.54, 1.807) is 18.2 Å². The Morgan fingerprint density at radius 3 is 2.28 bits per heavy atom. The van der Waals surface area contributed by atoms with Gasteiger partial charge in [-0.15, -0.1) is 0 Å². The standard InChI is InChI=1S/C24H22N2O6/c1-13-7-6-8-14-9-15(22(31-5)26-20(13)14)10-17-24(27)32-23(25-17)16-11-18(28-2)21(30-4)19(12-16)29-3/h6-12H,1-5H3. The maximum absolute atomic E-state index is 12.6. The number of rotatable bonds is 6. The van der Waals surface area contributed by atoms with Gasteiger partial charge in [0.2, 0.25) is 17.5 Å². The van der Waals surface area contributed by atoms with Gasteiger partial charge in [-0.05, 0) is 36.8 Å². The molecule has 0 amide bonds. The minimum atomic E-state index is -0.583. The lowest BCUT2D eigenvalue weighted by Crippen LogP contribution is -2.07. The van der Waals surface area contributed by atoms with Crippen molar-refractivity contribution < 1.29 is 28.5 Å². The van der Waals surface area contributed by atoms with E-state index in [2.05, 4.69) is 9.98 Å². The lowest BCUT2D eigenvalue weighted by Gasteiger charge is -2.13. The molecule has 2 heterocycles. The van der Waals surface area contributed by atoms with Gasteiger partial charge in [-0.25, -0.2) is 14.8 Å². The molecule has 3 aromatic rings. The first-order valence-corrected chi connectivity index (χ1v) is 9.76. The van der Waals surface area contributed by atoms with Gasteiger partial charge in [-0.2, -0.15) is 0 Å². The number of ether oxygens (including phenoxy) is 5. The molecule has 164 valence electrons. The Kier molecular flexibility index (Phi) is 5.68. The van der Waals surface area contributed by atoms with E-state index in [0.717, 1.165) is 16.5 Å². The van der Waals surface area contributed by atoms with Gasteiger partial charge in [0.25, 0.3) is 0 Å². The second kappa shape index (κ2) is 8.58. The molecule has 8 heteroatoms. The van der Waals surface area contributed by atoms with Crippen molar-refractivity contribution in [1.29, 1.82) is 0 Å². The lowest BCUT2D eigenvalue weighted by atomic mass is 10.1. The van der Waals surface area contributed by atoms with Crippen LogP contribution in [0.4, 0.5) is 0 Å². The highest BCUT2D eigenvalue weighted by molar-refractivity contribution is 6.13. The van der Waals surface area contributed by atoms with E-state index in [9.17, 15) is 4.79 Å². The van der Waals surface area contributed by atoms with Gasteiger partial charge in [0.15, 0.2) is 17.2 Å². The number of nitrogens with zero attached hydrogens (tertiary/aromatic N) is 2. The molecule has 0 bridgehead atoms. The first kappa shape index (κ1) is 21.2. The van der Waals surface area contributed by atoms with Gasteiger partial charge >= 0.3 is 5.97 Å². The quantitative estimate of drug-likeness (QED) is 0.429. The van der Waals surface area contributed by atoms with Crippen molar-refractivity contribution in [3.05, 3.63) is 58.8 Å². The summed E-state index contributed by atoms with van der Waals surface area (Å²) in [7, 11) is 6.07. The molecule has 1 aromatic heterocycles. The number of carbonyl (C=O) groups excluding carboxylic acids is 1. The number of benzene rings is 2. The zero-order valence-corrected chi connectivity index (χ0v) is 18.4. The van der Waals surface area contributed by atoms with Gasteiger partial charge in [0.1, 0.15) is 0 Å². The smallest absolute Gasteiger partial charge is 0.363 e. The maximum atomic E-state index is 12.6. The van der Waals surface area contributed by atoms with E-state index < -0.39 is 5.97 Å². The summed E-state index contributed by atoms with van der Waals surface area (Å²) in [6.45, 7) is 1.98. The summed E-state index contributed by atoms with van der Waals surface area (Å²) < 4.78 is 26.9. The fourth-order valence-electron chi connectivity index (χ4n) is 3.50. The van der Waals surface area contributed by atoms with Gasteiger partial charge < -0.3 is 23.7 Å². The molecule has 0 N–H and O–H groups in total. The first-order chi connectivity index (χ1) is 15.5. The van der Waals surface area contributed by atoms with Crippen LogP contribution < -0.4 is 18.9 Å². The van der Waals surface area contributed by atoms with Crippen LogP contribution in [-0.2, 0) is 9.53 Å². The molecule has 1 aliphatic heterocycles. The van der Waals surface area contributed by atoms with Crippen LogP contribution in [0.5, 0.6) is 23.1 Å². The highest BCUT2D eigenvalue weighted by Crippen LogP contribution is 2.39. The Morgan fingerprint density at radius 1 is 0.938 bits per heavy atom. The summed E-state index contributed by atoms with van der Waals surface area (Å²) >= 11 is 0. The third-order valence-electron chi connectivity index (χ3n) is 5.06. The Balaban J connectivity index is 1.79. The topological polar surface area (TPSA) is 88.5 Å². The predicted octanol–water partition coefficient (Wildman–Crippen LogP) is 3.92. The van der Waals surface area contributed by atoms with Gasteiger partial charge in [-0.1, -0.05) is 18.2 Å². The average molecular weight is 434 g/mol. The molecule has 8 nitrogen and oxygen atoms in total. The molecule has 0 atom stereocenters. The van der Waals surface area contributed by atoms with E-state index >= 15 is 0 Å². The largest absolute Gasteiger partial charge is 0.493 e. The summed E-state index contributed by atoms with van der Waals surface area (Å²) in [5.74, 6) is 1.22. The second-order valence-electron chi connectivity index (χ2n) is 6.98. The maximum Gasteiger partial charge on any atom is 0.363 e. The van der Waals surface area contributed by atoms with Crippen LogP contribution in [0.25, 0.3) is 17.0 Å². The van der Waals surface area contributed by atoms with Crippen molar-refractivity contribution in [2.45, 2.75) is 6.92 Å². The Bertz CT molecular complexity index is 1250. The number of para-hydroxylation sites is 1. The third kappa shape index (κ3) is 3.71. The third-order valence-corrected chi connectivity index (χ3v) is 5.06. The molecule has 0 saturated carbocycles. The van der Waals surface area contributed by atoms with Crippen LogP contribution in [-0.4, -0.2) is 45.3 Å². The number of methoxy groups -OCH3 is 4. The molecular weight excluding hydrogens is 412 g/mol. The minimum Gasteiger partial charge on any atom is -0.493 e. The van der Waals surface area contributed by atoms with E-state index in [1.807, 2.05) is 31.2 Å². The van der Waals surface area contributed by atoms with Crippen molar-refractivity contribution in [2.24, 2.45) is 4.99 Å². The van der Waals surface area contributed by atoms with Crippen LogP contribution >= 0.6 is 0 Å². The molecular formula is C24H22N2O6. The van der Waals surface area contributed by atoms with E-state index in [0.29, 0.717) is 34.3 Å². The van der Waals surface area contributed by atoms with Crippen molar-refractivity contribution in [3.8, 4) is 23.1 Å². The fourth-order valence-corrected chi connectivity index (χ4v) is 3.50. The number of carbonyl (C=O) groups is 1. The van der Waals surface area contributed by atoms with Crippen molar-refractivity contribution in [2.75, 3.05) is 28.4 Å². The molecule has 0 saturated heterocycles.